The van der Waals surface area contributed by atoms with Crippen molar-refractivity contribution < 1.29 is 4.79 Å². The fourth-order valence-electron chi connectivity index (χ4n) is 1.62. The van der Waals surface area contributed by atoms with Gasteiger partial charge < -0.3 is 11.1 Å². The van der Waals surface area contributed by atoms with E-state index in [1.165, 1.54) is 5.56 Å². The lowest BCUT2D eigenvalue weighted by molar-refractivity contribution is 0.0946. The molecule has 0 aliphatic rings. The summed E-state index contributed by atoms with van der Waals surface area (Å²) in [6.45, 7) is 3.52. The minimum Gasteiger partial charge on any atom is -0.347 e. The number of aryl methyl sites for hydroxylation is 1. The van der Waals surface area contributed by atoms with Gasteiger partial charge in [0.1, 0.15) is 0 Å². The largest absolute Gasteiger partial charge is 0.347 e. The summed E-state index contributed by atoms with van der Waals surface area (Å²) in [7, 11) is 0. The number of nitrogens with one attached hydrogen (secondary N) is 1. The Balaban J connectivity index is 1.91. The van der Waals surface area contributed by atoms with E-state index < -0.39 is 0 Å². The van der Waals surface area contributed by atoms with Crippen LogP contribution in [0.3, 0.4) is 0 Å². The van der Waals surface area contributed by atoms with Crippen LogP contribution in [0, 0.1) is 6.92 Å². The Kier molecular flexibility index (Phi) is 4.25. The highest BCUT2D eigenvalue weighted by atomic mass is 16.2. The quantitative estimate of drug-likeness (QED) is 0.817. The van der Waals surface area contributed by atoms with Crippen LogP contribution in [0.15, 0.2) is 30.5 Å². The van der Waals surface area contributed by atoms with Gasteiger partial charge in [-0.3, -0.25) is 9.48 Å². The minimum atomic E-state index is -0.233. The molecule has 19 heavy (non-hydrogen) atoms. The molecular formula is C13H17N5O. The van der Waals surface area contributed by atoms with E-state index in [1.807, 2.05) is 31.2 Å². The van der Waals surface area contributed by atoms with Crippen molar-refractivity contribution in [2.45, 2.75) is 20.0 Å². The highest BCUT2D eigenvalue weighted by Gasteiger charge is 2.09. The summed E-state index contributed by atoms with van der Waals surface area (Å²) in [6.07, 6.45) is 1.59. The lowest BCUT2D eigenvalue weighted by atomic mass is 10.1. The Morgan fingerprint density at radius 1 is 1.37 bits per heavy atom. The summed E-state index contributed by atoms with van der Waals surface area (Å²) in [4.78, 5) is 11.8. The molecular weight excluding hydrogens is 242 g/mol. The van der Waals surface area contributed by atoms with Crippen molar-refractivity contribution in [1.29, 1.82) is 0 Å². The molecule has 2 aromatic rings. The first kappa shape index (κ1) is 13.2. The Morgan fingerprint density at radius 3 is 2.79 bits per heavy atom. The zero-order valence-electron chi connectivity index (χ0n) is 10.8. The Labute approximate surface area is 111 Å². The molecule has 0 unspecified atom stereocenters. The third kappa shape index (κ3) is 3.62. The normalized spacial score (nSPS) is 10.4. The smallest absolute Gasteiger partial charge is 0.273 e. The average Bonchev–Trinajstić information content (AvgIpc) is 2.87. The molecule has 6 heteroatoms. The number of carbonyl (C=O) groups excluding carboxylic acids is 1. The molecule has 1 heterocycles. The number of aromatic nitrogens is 3. The third-order valence-electron chi connectivity index (χ3n) is 2.70. The monoisotopic (exact) mass is 259 g/mol. The second kappa shape index (κ2) is 6.10. The number of benzene rings is 1. The van der Waals surface area contributed by atoms with Gasteiger partial charge >= 0.3 is 0 Å². The first-order valence-electron chi connectivity index (χ1n) is 6.13. The maximum absolute atomic E-state index is 11.8. The topological polar surface area (TPSA) is 85.8 Å². The van der Waals surface area contributed by atoms with E-state index in [-0.39, 0.29) is 5.91 Å². The second-order valence-electron chi connectivity index (χ2n) is 4.32. The SMILES string of the molecule is Cc1ccc(CNC(=O)c2cn(CCN)nn2)cc1. The zero-order valence-corrected chi connectivity index (χ0v) is 10.8. The van der Waals surface area contributed by atoms with E-state index in [9.17, 15) is 4.79 Å². The van der Waals surface area contributed by atoms with Crippen molar-refractivity contribution in [1.82, 2.24) is 20.3 Å². The Hall–Kier alpha value is -2.21. The number of hydrogen-bond acceptors (Lipinski definition) is 4. The van der Waals surface area contributed by atoms with Gasteiger partial charge in [-0.2, -0.15) is 0 Å². The van der Waals surface area contributed by atoms with Crippen molar-refractivity contribution in [3.8, 4) is 0 Å². The van der Waals surface area contributed by atoms with Crippen LogP contribution in [0.5, 0.6) is 0 Å². The van der Waals surface area contributed by atoms with Crippen LogP contribution in [0.25, 0.3) is 0 Å². The molecule has 1 amide bonds. The summed E-state index contributed by atoms with van der Waals surface area (Å²) < 4.78 is 1.56. The first-order valence-corrected chi connectivity index (χ1v) is 6.13. The van der Waals surface area contributed by atoms with Gasteiger partial charge in [0.25, 0.3) is 5.91 Å². The molecule has 1 aromatic carbocycles. The van der Waals surface area contributed by atoms with Crippen LogP contribution in [0.4, 0.5) is 0 Å². The average molecular weight is 259 g/mol. The second-order valence-corrected chi connectivity index (χ2v) is 4.32. The predicted octanol–water partition coefficient (Wildman–Crippen LogP) is 0.475. The predicted molar refractivity (Wildman–Crippen MR) is 71.4 cm³/mol. The van der Waals surface area contributed by atoms with Gasteiger partial charge in [-0.15, -0.1) is 5.10 Å². The fraction of sp³-hybridized carbons (Fsp3) is 0.308. The van der Waals surface area contributed by atoms with E-state index in [4.69, 9.17) is 5.73 Å². The lowest BCUT2D eigenvalue weighted by Crippen LogP contribution is -2.23. The molecule has 0 aliphatic carbocycles. The minimum absolute atomic E-state index is 0.233. The molecule has 0 atom stereocenters. The van der Waals surface area contributed by atoms with Crippen molar-refractivity contribution in [3.63, 3.8) is 0 Å². The third-order valence-corrected chi connectivity index (χ3v) is 2.70. The number of amides is 1. The van der Waals surface area contributed by atoms with Gasteiger partial charge in [-0.25, -0.2) is 0 Å². The standard InChI is InChI=1S/C13H17N5O/c1-10-2-4-11(5-3-10)8-15-13(19)12-9-18(7-6-14)17-16-12/h2-5,9H,6-8,14H2,1H3,(H,15,19). The summed E-state index contributed by atoms with van der Waals surface area (Å²) in [5, 5.41) is 10.4. The van der Waals surface area contributed by atoms with Crippen LogP contribution in [0.1, 0.15) is 21.6 Å². The molecule has 3 N–H and O–H groups in total. The fourth-order valence-corrected chi connectivity index (χ4v) is 1.62. The van der Waals surface area contributed by atoms with E-state index in [2.05, 4.69) is 15.6 Å². The molecule has 0 aliphatic heterocycles. The van der Waals surface area contributed by atoms with Gasteiger partial charge in [0, 0.05) is 13.1 Å². The van der Waals surface area contributed by atoms with Gasteiger partial charge in [0.2, 0.25) is 0 Å². The summed E-state index contributed by atoms with van der Waals surface area (Å²) in [6, 6.07) is 8.00. The summed E-state index contributed by atoms with van der Waals surface area (Å²) in [5.74, 6) is -0.233. The molecule has 1 aromatic heterocycles. The van der Waals surface area contributed by atoms with Crippen molar-refractivity contribution in [2.24, 2.45) is 5.73 Å². The van der Waals surface area contributed by atoms with E-state index in [1.54, 1.807) is 10.9 Å². The Morgan fingerprint density at radius 2 is 2.11 bits per heavy atom. The van der Waals surface area contributed by atoms with E-state index in [0.717, 1.165) is 5.56 Å². The maximum atomic E-state index is 11.8. The number of nitrogens with zero attached hydrogens (tertiary/aromatic N) is 3. The van der Waals surface area contributed by atoms with Crippen LogP contribution >= 0.6 is 0 Å². The lowest BCUT2D eigenvalue weighted by Gasteiger charge is -2.03. The number of carbonyl (C=O) groups is 1. The number of hydrogen-bond donors (Lipinski definition) is 2. The molecule has 100 valence electrons. The van der Waals surface area contributed by atoms with Crippen LogP contribution in [-0.4, -0.2) is 27.4 Å². The van der Waals surface area contributed by atoms with Crippen molar-refractivity contribution >= 4 is 5.91 Å². The van der Waals surface area contributed by atoms with Crippen LogP contribution in [-0.2, 0) is 13.1 Å². The zero-order chi connectivity index (χ0) is 13.7. The van der Waals surface area contributed by atoms with Gasteiger partial charge in [0.15, 0.2) is 5.69 Å². The number of rotatable bonds is 5. The molecule has 2 rings (SSSR count). The van der Waals surface area contributed by atoms with Crippen LogP contribution < -0.4 is 11.1 Å². The molecule has 0 radical (unpaired) electrons. The van der Waals surface area contributed by atoms with Crippen molar-refractivity contribution in [2.75, 3.05) is 6.54 Å². The van der Waals surface area contributed by atoms with Gasteiger partial charge in [0.05, 0.1) is 12.7 Å². The number of nitrogens with two attached hydrogens (primary N) is 1. The van der Waals surface area contributed by atoms with Crippen LogP contribution in [0.2, 0.25) is 0 Å². The highest BCUT2D eigenvalue weighted by Crippen LogP contribution is 2.03. The molecule has 0 fully saturated rings. The summed E-state index contributed by atoms with van der Waals surface area (Å²) in [5.41, 5.74) is 7.95. The maximum Gasteiger partial charge on any atom is 0.273 e. The van der Waals surface area contributed by atoms with Gasteiger partial charge in [-0.05, 0) is 12.5 Å². The molecule has 0 saturated carbocycles. The first-order chi connectivity index (χ1) is 9.19. The molecule has 0 bridgehead atoms. The van der Waals surface area contributed by atoms with E-state index >= 15 is 0 Å². The summed E-state index contributed by atoms with van der Waals surface area (Å²) >= 11 is 0. The van der Waals surface area contributed by atoms with E-state index in [0.29, 0.717) is 25.3 Å². The van der Waals surface area contributed by atoms with Gasteiger partial charge in [-0.1, -0.05) is 35.0 Å². The highest BCUT2D eigenvalue weighted by molar-refractivity contribution is 5.91. The van der Waals surface area contributed by atoms with Crippen molar-refractivity contribution in [3.05, 3.63) is 47.3 Å². The molecule has 6 nitrogen and oxygen atoms in total. The molecule has 0 saturated heterocycles. The molecule has 0 spiro atoms. The Bertz CT molecular complexity index is 546.